The minimum atomic E-state index is -1.20. The van der Waals surface area contributed by atoms with E-state index in [1.807, 2.05) is 6.92 Å². The van der Waals surface area contributed by atoms with Gasteiger partial charge in [0.1, 0.15) is 18.2 Å². The molecule has 0 atom stereocenters. The van der Waals surface area contributed by atoms with Crippen LogP contribution in [0.25, 0.3) is 6.08 Å². The SMILES string of the molecule is CCCC(=CC(=Cc1ccc(OCc2ccc(F)cc2)cc1)C(=O)O)C(=O)O. The molecule has 6 heteroatoms. The van der Waals surface area contributed by atoms with Crippen molar-refractivity contribution in [2.24, 2.45) is 0 Å². The maximum Gasteiger partial charge on any atom is 0.335 e. The Morgan fingerprint density at radius 2 is 1.64 bits per heavy atom. The van der Waals surface area contributed by atoms with Gasteiger partial charge in [-0.25, -0.2) is 14.0 Å². The first-order valence-electron chi connectivity index (χ1n) is 8.75. The summed E-state index contributed by atoms with van der Waals surface area (Å²) in [5, 5.41) is 18.5. The van der Waals surface area contributed by atoms with E-state index in [-0.39, 0.29) is 30.0 Å². The Bertz CT molecular complexity index is 880. The number of carboxylic acids is 2. The summed E-state index contributed by atoms with van der Waals surface area (Å²) in [6.07, 6.45) is 3.49. The summed E-state index contributed by atoms with van der Waals surface area (Å²) in [4.78, 5) is 22.7. The van der Waals surface area contributed by atoms with Crippen LogP contribution in [0.1, 0.15) is 30.9 Å². The second kappa shape index (κ2) is 10.1. The van der Waals surface area contributed by atoms with Gasteiger partial charge in [-0.1, -0.05) is 37.6 Å². The number of hydrogen-bond donors (Lipinski definition) is 2. The summed E-state index contributed by atoms with van der Waals surface area (Å²) in [6, 6.07) is 12.7. The van der Waals surface area contributed by atoms with Gasteiger partial charge in [-0.05, 0) is 54.0 Å². The van der Waals surface area contributed by atoms with E-state index >= 15 is 0 Å². The van der Waals surface area contributed by atoms with Gasteiger partial charge >= 0.3 is 11.9 Å². The summed E-state index contributed by atoms with van der Waals surface area (Å²) < 4.78 is 18.5. The molecule has 0 amide bonds. The van der Waals surface area contributed by atoms with Crippen molar-refractivity contribution in [2.45, 2.75) is 26.4 Å². The second-order valence-corrected chi connectivity index (χ2v) is 6.11. The molecule has 2 aromatic rings. The minimum Gasteiger partial charge on any atom is -0.489 e. The van der Waals surface area contributed by atoms with Gasteiger partial charge in [0, 0.05) is 5.57 Å². The van der Waals surface area contributed by atoms with Crippen molar-refractivity contribution in [3.8, 4) is 5.75 Å². The molecule has 2 N–H and O–H groups in total. The van der Waals surface area contributed by atoms with E-state index in [9.17, 15) is 24.2 Å². The lowest BCUT2D eigenvalue weighted by Gasteiger charge is -2.07. The fourth-order valence-electron chi connectivity index (χ4n) is 2.45. The van der Waals surface area contributed by atoms with Gasteiger partial charge in [0.25, 0.3) is 0 Å². The highest BCUT2D eigenvalue weighted by atomic mass is 19.1. The average Bonchev–Trinajstić information content (AvgIpc) is 2.67. The zero-order valence-electron chi connectivity index (χ0n) is 15.4. The average molecular weight is 384 g/mol. The zero-order chi connectivity index (χ0) is 20.5. The van der Waals surface area contributed by atoms with Crippen LogP contribution in [0.4, 0.5) is 4.39 Å². The number of benzene rings is 2. The van der Waals surface area contributed by atoms with Crippen LogP contribution in [-0.2, 0) is 16.2 Å². The molecule has 0 saturated heterocycles. The van der Waals surface area contributed by atoms with Crippen molar-refractivity contribution in [3.63, 3.8) is 0 Å². The molecule has 5 nitrogen and oxygen atoms in total. The predicted octanol–water partition coefficient (Wildman–Crippen LogP) is 4.68. The first kappa shape index (κ1) is 20.9. The van der Waals surface area contributed by atoms with Crippen molar-refractivity contribution >= 4 is 18.0 Å². The standard InChI is InChI=1S/C22H21FO5/c1-2-3-17(21(24)25)13-18(22(26)27)12-15-6-10-20(11-7-15)28-14-16-4-8-19(23)9-5-16/h4-13H,2-3,14H2,1H3,(H,24,25)(H,26,27). The van der Waals surface area contributed by atoms with Gasteiger partial charge in [0.15, 0.2) is 0 Å². The molecule has 2 rings (SSSR count). The summed E-state index contributed by atoms with van der Waals surface area (Å²) in [5.74, 6) is -2.07. The molecule has 0 saturated carbocycles. The third-order valence-corrected chi connectivity index (χ3v) is 3.89. The van der Waals surface area contributed by atoms with Crippen LogP contribution in [0.5, 0.6) is 5.75 Å². The molecule has 0 unspecified atom stereocenters. The van der Waals surface area contributed by atoms with Crippen molar-refractivity contribution in [1.82, 2.24) is 0 Å². The molecule has 0 spiro atoms. The number of aliphatic carboxylic acids is 2. The highest BCUT2D eigenvalue weighted by Crippen LogP contribution is 2.18. The van der Waals surface area contributed by atoms with E-state index in [2.05, 4.69) is 0 Å². The molecule has 28 heavy (non-hydrogen) atoms. The Labute approximate surface area is 162 Å². The van der Waals surface area contributed by atoms with E-state index in [0.717, 1.165) is 5.56 Å². The molecule has 146 valence electrons. The molecule has 0 aliphatic carbocycles. The summed E-state index contributed by atoms with van der Waals surface area (Å²) >= 11 is 0. The number of carbonyl (C=O) groups is 2. The molecule has 0 aromatic heterocycles. The number of carboxylic acid groups (broad SMARTS) is 2. The Hall–Kier alpha value is -3.41. The molecule has 2 aromatic carbocycles. The fourth-order valence-corrected chi connectivity index (χ4v) is 2.45. The molecule has 0 aliphatic rings. The lowest BCUT2D eigenvalue weighted by molar-refractivity contribution is -0.133. The molecular weight excluding hydrogens is 363 g/mol. The van der Waals surface area contributed by atoms with Crippen LogP contribution >= 0.6 is 0 Å². The van der Waals surface area contributed by atoms with Crippen LogP contribution in [-0.4, -0.2) is 22.2 Å². The monoisotopic (exact) mass is 384 g/mol. The van der Waals surface area contributed by atoms with Crippen LogP contribution in [0, 0.1) is 5.82 Å². The van der Waals surface area contributed by atoms with Crippen LogP contribution < -0.4 is 4.74 Å². The normalized spacial score (nSPS) is 11.9. The van der Waals surface area contributed by atoms with Crippen LogP contribution in [0.3, 0.4) is 0 Å². The topological polar surface area (TPSA) is 83.8 Å². The van der Waals surface area contributed by atoms with Crippen LogP contribution in [0.15, 0.2) is 65.8 Å². The molecule has 0 radical (unpaired) electrons. The Balaban J connectivity index is 2.13. The molecule has 0 heterocycles. The number of halogens is 1. The van der Waals surface area contributed by atoms with E-state index in [1.165, 1.54) is 24.3 Å². The van der Waals surface area contributed by atoms with E-state index < -0.39 is 11.9 Å². The Morgan fingerprint density at radius 3 is 2.18 bits per heavy atom. The number of rotatable bonds is 9. The van der Waals surface area contributed by atoms with Gasteiger partial charge in [0.05, 0.1) is 5.57 Å². The van der Waals surface area contributed by atoms with E-state index in [1.54, 1.807) is 36.4 Å². The second-order valence-electron chi connectivity index (χ2n) is 6.11. The van der Waals surface area contributed by atoms with Crippen LogP contribution in [0.2, 0.25) is 0 Å². The predicted molar refractivity (Wildman–Crippen MR) is 103 cm³/mol. The van der Waals surface area contributed by atoms with Gasteiger partial charge in [-0.2, -0.15) is 0 Å². The first-order valence-corrected chi connectivity index (χ1v) is 8.75. The molecule has 0 aliphatic heterocycles. The van der Waals surface area contributed by atoms with Crippen molar-refractivity contribution in [2.75, 3.05) is 0 Å². The maximum atomic E-state index is 12.9. The largest absolute Gasteiger partial charge is 0.489 e. The third-order valence-electron chi connectivity index (χ3n) is 3.89. The van der Waals surface area contributed by atoms with Crippen molar-refractivity contribution in [1.29, 1.82) is 0 Å². The minimum absolute atomic E-state index is 0.0513. The highest BCUT2D eigenvalue weighted by Gasteiger charge is 2.11. The lowest BCUT2D eigenvalue weighted by Crippen LogP contribution is -2.05. The van der Waals surface area contributed by atoms with Gasteiger partial charge in [0.2, 0.25) is 0 Å². The summed E-state index contributed by atoms with van der Waals surface area (Å²) in [7, 11) is 0. The van der Waals surface area contributed by atoms with Gasteiger partial charge in [-0.3, -0.25) is 0 Å². The fraction of sp³-hybridized carbons (Fsp3) is 0.182. The van der Waals surface area contributed by atoms with E-state index in [4.69, 9.17) is 4.74 Å². The zero-order valence-corrected chi connectivity index (χ0v) is 15.4. The third kappa shape index (κ3) is 6.39. The van der Waals surface area contributed by atoms with Crippen molar-refractivity contribution < 1.29 is 28.9 Å². The van der Waals surface area contributed by atoms with Crippen molar-refractivity contribution in [3.05, 3.63) is 82.7 Å². The molecule has 0 bridgehead atoms. The molecular formula is C22H21FO5. The molecule has 0 fully saturated rings. The van der Waals surface area contributed by atoms with Gasteiger partial charge in [-0.15, -0.1) is 0 Å². The summed E-state index contributed by atoms with van der Waals surface area (Å²) in [5.41, 5.74) is 1.37. The Kier molecular flexibility index (Phi) is 7.51. The quantitative estimate of drug-likeness (QED) is 0.484. The summed E-state index contributed by atoms with van der Waals surface area (Å²) in [6.45, 7) is 2.10. The number of ether oxygens (including phenoxy) is 1. The van der Waals surface area contributed by atoms with Gasteiger partial charge < -0.3 is 14.9 Å². The number of hydrogen-bond acceptors (Lipinski definition) is 3. The smallest absolute Gasteiger partial charge is 0.335 e. The lowest BCUT2D eigenvalue weighted by atomic mass is 10.0. The first-order chi connectivity index (χ1) is 13.4. The Morgan fingerprint density at radius 1 is 1.00 bits per heavy atom. The van der Waals surface area contributed by atoms with E-state index in [0.29, 0.717) is 17.7 Å². The maximum absolute atomic E-state index is 12.9. The highest BCUT2D eigenvalue weighted by molar-refractivity contribution is 5.98.